The number of nitrogens with zero attached hydrogens (tertiary/aromatic N) is 2. The highest BCUT2D eigenvalue weighted by atomic mass is 16.3. The number of carbonyl (C=O) groups is 1. The second-order valence-electron chi connectivity index (χ2n) is 9.63. The van der Waals surface area contributed by atoms with Crippen LogP contribution in [0.5, 0.6) is 17.2 Å². The van der Waals surface area contributed by atoms with Crippen molar-refractivity contribution >= 4 is 23.0 Å². The van der Waals surface area contributed by atoms with Crippen molar-refractivity contribution in [1.29, 1.82) is 0 Å². The third-order valence-corrected chi connectivity index (χ3v) is 6.44. The molecule has 1 aliphatic heterocycles. The molecule has 6 heteroatoms. The lowest BCUT2D eigenvalue weighted by Crippen LogP contribution is -2.30. The van der Waals surface area contributed by atoms with E-state index in [1.165, 1.54) is 29.3 Å². The van der Waals surface area contributed by atoms with Crippen molar-refractivity contribution < 1.29 is 20.1 Å². The van der Waals surface area contributed by atoms with E-state index < -0.39 is 0 Å². The third kappa shape index (κ3) is 6.11. The first-order chi connectivity index (χ1) is 17.1. The summed E-state index contributed by atoms with van der Waals surface area (Å²) in [5.74, 6) is -0.636. The number of anilines is 3. The van der Waals surface area contributed by atoms with Gasteiger partial charge in [-0.05, 0) is 72.4 Å². The molecule has 0 spiro atoms. The Bertz CT molecular complexity index is 1210. The minimum absolute atomic E-state index is 0.0403. The summed E-state index contributed by atoms with van der Waals surface area (Å²) < 4.78 is 0. The van der Waals surface area contributed by atoms with Crippen LogP contribution in [-0.4, -0.2) is 34.3 Å². The van der Waals surface area contributed by atoms with Crippen LogP contribution in [0.15, 0.2) is 65.3 Å². The Morgan fingerprint density at radius 2 is 1.50 bits per heavy atom. The molecular weight excluding hydrogens is 452 g/mol. The number of amides is 1. The molecule has 1 heterocycles. The SMILES string of the molecule is CCN1c2c(O)cccc2C(=O)N(C/C=C(\C)CC/C=C(\C)CCC=C(C)C)c2cc(O)cc(O)c21. The smallest absolute Gasteiger partial charge is 0.260 e. The lowest BCUT2D eigenvalue weighted by atomic mass is 10.1. The highest BCUT2D eigenvalue weighted by molar-refractivity contribution is 6.15. The van der Waals surface area contributed by atoms with Crippen molar-refractivity contribution in [2.45, 2.75) is 60.3 Å². The van der Waals surface area contributed by atoms with E-state index in [-0.39, 0.29) is 29.7 Å². The lowest BCUT2D eigenvalue weighted by Gasteiger charge is -2.27. The Morgan fingerprint density at radius 3 is 2.17 bits per heavy atom. The van der Waals surface area contributed by atoms with E-state index in [1.54, 1.807) is 21.9 Å². The molecule has 0 saturated carbocycles. The predicted octanol–water partition coefficient (Wildman–Crippen LogP) is 7.34. The van der Waals surface area contributed by atoms with E-state index >= 15 is 0 Å². The molecule has 0 unspecified atom stereocenters. The first kappa shape index (κ1) is 26.9. The Balaban J connectivity index is 1.88. The lowest BCUT2D eigenvalue weighted by molar-refractivity contribution is 0.0990. The summed E-state index contributed by atoms with van der Waals surface area (Å²) in [6.07, 6.45) is 10.5. The van der Waals surface area contributed by atoms with Crippen molar-refractivity contribution in [3.05, 3.63) is 70.8 Å². The molecule has 6 nitrogen and oxygen atoms in total. The van der Waals surface area contributed by atoms with E-state index in [9.17, 15) is 20.1 Å². The number of benzene rings is 2. The van der Waals surface area contributed by atoms with Gasteiger partial charge in [-0.2, -0.15) is 0 Å². The van der Waals surface area contributed by atoms with Crippen LogP contribution < -0.4 is 9.80 Å². The summed E-state index contributed by atoms with van der Waals surface area (Å²) in [6, 6.07) is 7.58. The quantitative estimate of drug-likeness (QED) is 0.320. The minimum Gasteiger partial charge on any atom is -0.508 e. The van der Waals surface area contributed by atoms with Gasteiger partial charge in [0, 0.05) is 25.2 Å². The van der Waals surface area contributed by atoms with Gasteiger partial charge >= 0.3 is 0 Å². The van der Waals surface area contributed by atoms with Crippen LogP contribution in [0.2, 0.25) is 0 Å². The average molecular weight is 491 g/mol. The van der Waals surface area contributed by atoms with E-state index in [2.05, 4.69) is 32.9 Å². The summed E-state index contributed by atoms with van der Waals surface area (Å²) >= 11 is 0. The van der Waals surface area contributed by atoms with Crippen molar-refractivity contribution in [3.63, 3.8) is 0 Å². The van der Waals surface area contributed by atoms with Crippen molar-refractivity contribution in [2.24, 2.45) is 0 Å². The van der Waals surface area contributed by atoms with Gasteiger partial charge in [0.15, 0.2) is 0 Å². The van der Waals surface area contributed by atoms with Crippen molar-refractivity contribution in [2.75, 3.05) is 22.9 Å². The second kappa shape index (κ2) is 11.8. The molecule has 3 N–H and O–H groups in total. The van der Waals surface area contributed by atoms with Gasteiger partial charge in [-0.15, -0.1) is 0 Å². The molecule has 2 aromatic rings. The average Bonchev–Trinajstić information content (AvgIpc) is 2.90. The van der Waals surface area contributed by atoms with Crippen LogP contribution in [0, 0.1) is 0 Å². The molecule has 0 aromatic heterocycles. The molecule has 0 saturated heterocycles. The zero-order valence-electron chi connectivity index (χ0n) is 22.0. The van der Waals surface area contributed by atoms with Crippen LogP contribution in [0.3, 0.4) is 0 Å². The molecular formula is C30H38N2O4. The van der Waals surface area contributed by atoms with Gasteiger partial charge < -0.3 is 25.1 Å². The monoisotopic (exact) mass is 490 g/mol. The first-order valence-electron chi connectivity index (χ1n) is 12.6. The maximum Gasteiger partial charge on any atom is 0.260 e. The number of carbonyl (C=O) groups excluding carboxylic acids is 1. The summed E-state index contributed by atoms with van der Waals surface area (Å²) in [6.45, 7) is 11.0. The highest BCUT2D eigenvalue weighted by Gasteiger charge is 2.34. The molecule has 0 fully saturated rings. The molecule has 1 aliphatic rings. The number of hydrogen-bond acceptors (Lipinski definition) is 5. The molecule has 192 valence electrons. The molecule has 0 aliphatic carbocycles. The number of hydrogen-bond donors (Lipinski definition) is 3. The third-order valence-electron chi connectivity index (χ3n) is 6.44. The zero-order valence-corrected chi connectivity index (χ0v) is 22.0. The number of aromatic hydroxyl groups is 3. The predicted molar refractivity (Wildman–Crippen MR) is 148 cm³/mol. The number of allylic oxidation sites excluding steroid dienone is 5. The highest BCUT2D eigenvalue weighted by Crippen LogP contribution is 2.49. The summed E-state index contributed by atoms with van der Waals surface area (Å²) in [5.41, 5.74) is 5.33. The van der Waals surface area contributed by atoms with Crippen molar-refractivity contribution in [1.82, 2.24) is 0 Å². The molecule has 2 aromatic carbocycles. The zero-order chi connectivity index (χ0) is 26.4. The minimum atomic E-state index is -0.304. The van der Waals surface area contributed by atoms with Gasteiger partial charge in [-0.25, -0.2) is 0 Å². The molecule has 36 heavy (non-hydrogen) atoms. The standard InChI is InChI=1S/C30H38N2O4/c1-6-31-28-24(14-9-15-26(28)34)30(36)32(25-18-23(33)19-27(35)29(25)31)17-16-22(5)13-8-12-21(4)11-7-10-20(2)3/h9-10,12,14-16,18-19,33-35H,6-8,11,13,17H2,1-5H3/b21-12+,22-16+. The largest absolute Gasteiger partial charge is 0.508 e. The van der Waals surface area contributed by atoms with Gasteiger partial charge in [0.25, 0.3) is 5.91 Å². The fourth-order valence-electron chi connectivity index (χ4n) is 4.51. The fourth-order valence-corrected chi connectivity index (χ4v) is 4.51. The van der Waals surface area contributed by atoms with Crippen LogP contribution in [0.25, 0.3) is 0 Å². The number of phenols is 3. The maximum absolute atomic E-state index is 13.7. The molecule has 1 amide bonds. The Labute approximate surface area is 214 Å². The Hall–Kier alpha value is -3.67. The van der Waals surface area contributed by atoms with E-state index in [0.29, 0.717) is 29.2 Å². The van der Waals surface area contributed by atoms with Crippen LogP contribution >= 0.6 is 0 Å². The van der Waals surface area contributed by atoms with Crippen LogP contribution in [0.4, 0.5) is 17.1 Å². The van der Waals surface area contributed by atoms with E-state index in [1.807, 2.05) is 19.9 Å². The van der Waals surface area contributed by atoms with Gasteiger partial charge in [-0.3, -0.25) is 4.79 Å². The number of phenolic OH excluding ortho intramolecular Hbond substituents is 3. The Morgan fingerprint density at radius 1 is 0.833 bits per heavy atom. The first-order valence-corrected chi connectivity index (χ1v) is 12.6. The van der Waals surface area contributed by atoms with E-state index in [0.717, 1.165) is 31.3 Å². The normalized spacial score (nSPS) is 13.9. The van der Waals surface area contributed by atoms with Crippen molar-refractivity contribution in [3.8, 4) is 17.2 Å². The summed E-state index contributed by atoms with van der Waals surface area (Å²) in [4.78, 5) is 16.9. The van der Waals surface area contributed by atoms with Crippen LogP contribution in [-0.2, 0) is 0 Å². The molecule has 0 atom stereocenters. The summed E-state index contributed by atoms with van der Waals surface area (Å²) in [7, 11) is 0. The second-order valence-corrected chi connectivity index (χ2v) is 9.63. The number of rotatable bonds is 9. The van der Waals surface area contributed by atoms with E-state index in [4.69, 9.17) is 0 Å². The fraction of sp³-hybridized carbons (Fsp3) is 0.367. The molecule has 0 bridgehead atoms. The van der Waals surface area contributed by atoms with Gasteiger partial charge in [0.2, 0.25) is 0 Å². The van der Waals surface area contributed by atoms with Gasteiger partial charge in [-0.1, -0.05) is 41.0 Å². The molecule has 0 radical (unpaired) electrons. The number of fused-ring (bicyclic) bond motifs is 2. The van der Waals surface area contributed by atoms with Gasteiger partial charge in [0.05, 0.1) is 16.9 Å². The topological polar surface area (TPSA) is 84.2 Å². The Kier molecular flexibility index (Phi) is 8.86. The van der Waals surface area contributed by atoms with Gasteiger partial charge in [0.1, 0.15) is 22.9 Å². The maximum atomic E-state index is 13.7. The van der Waals surface area contributed by atoms with Crippen LogP contribution in [0.1, 0.15) is 70.7 Å². The molecule has 3 rings (SSSR count). The summed E-state index contributed by atoms with van der Waals surface area (Å²) in [5, 5.41) is 31.7. The number of para-hydroxylation sites is 1.